The first-order valence-electron chi connectivity index (χ1n) is 6.06. The van der Waals surface area contributed by atoms with E-state index in [0.29, 0.717) is 6.04 Å². The summed E-state index contributed by atoms with van der Waals surface area (Å²) in [4.78, 5) is 2.28. The normalized spacial score (nSPS) is 13.1. The molecular weight excluding hydrogens is 196 g/mol. The fourth-order valence-corrected chi connectivity index (χ4v) is 1.87. The summed E-state index contributed by atoms with van der Waals surface area (Å²) in [5.74, 6) is 0. The molecule has 0 fully saturated rings. The summed E-state index contributed by atoms with van der Waals surface area (Å²) in [6.45, 7) is 6.43. The standard InChI is InChI=1S/C14H24N2/c1-5-14(16(3)4)11-15-10-13-9-7-6-8-12(13)2/h6-9,14-15H,5,10-11H2,1-4H3. The summed E-state index contributed by atoms with van der Waals surface area (Å²) in [5, 5.41) is 3.53. The SMILES string of the molecule is CCC(CNCc1ccccc1C)N(C)C. The van der Waals surface area contributed by atoms with Gasteiger partial charge >= 0.3 is 0 Å². The Morgan fingerprint density at radius 2 is 1.94 bits per heavy atom. The summed E-state index contributed by atoms with van der Waals surface area (Å²) < 4.78 is 0. The molecule has 16 heavy (non-hydrogen) atoms. The van der Waals surface area contributed by atoms with E-state index in [-0.39, 0.29) is 0 Å². The topological polar surface area (TPSA) is 15.3 Å². The summed E-state index contributed by atoms with van der Waals surface area (Å²) in [5.41, 5.74) is 2.77. The van der Waals surface area contributed by atoms with Crippen molar-refractivity contribution in [3.8, 4) is 0 Å². The number of rotatable bonds is 6. The Hall–Kier alpha value is -0.860. The van der Waals surface area contributed by atoms with Crippen molar-refractivity contribution in [1.82, 2.24) is 10.2 Å². The maximum atomic E-state index is 3.53. The van der Waals surface area contributed by atoms with Crippen molar-refractivity contribution in [1.29, 1.82) is 0 Å². The van der Waals surface area contributed by atoms with Crippen LogP contribution >= 0.6 is 0 Å². The molecule has 0 aliphatic heterocycles. The molecule has 1 rings (SSSR count). The quantitative estimate of drug-likeness (QED) is 0.792. The molecule has 0 radical (unpaired) electrons. The minimum absolute atomic E-state index is 0.629. The van der Waals surface area contributed by atoms with Gasteiger partial charge in [-0.3, -0.25) is 0 Å². The molecule has 1 atom stereocenters. The Balaban J connectivity index is 2.38. The highest BCUT2D eigenvalue weighted by Crippen LogP contribution is 2.06. The van der Waals surface area contributed by atoms with Gasteiger partial charge in [0.05, 0.1) is 0 Å². The van der Waals surface area contributed by atoms with Crippen LogP contribution < -0.4 is 5.32 Å². The van der Waals surface area contributed by atoms with Crippen molar-refractivity contribution in [2.75, 3.05) is 20.6 Å². The van der Waals surface area contributed by atoms with E-state index < -0.39 is 0 Å². The van der Waals surface area contributed by atoms with E-state index in [1.165, 1.54) is 17.5 Å². The highest BCUT2D eigenvalue weighted by atomic mass is 15.1. The second-order valence-corrected chi connectivity index (χ2v) is 4.58. The number of hydrogen-bond donors (Lipinski definition) is 1. The highest BCUT2D eigenvalue weighted by molar-refractivity contribution is 5.25. The first-order valence-corrected chi connectivity index (χ1v) is 6.06. The zero-order valence-corrected chi connectivity index (χ0v) is 11.0. The van der Waals surface area contributed by atoms with Crippen LogP contribution in [-0.2, 0) is 6.54 Å². The number of nitrogens with zero attached hydrogens (tertiary/aromatic N) is 1. The van der Waals surface area contributed by atoms with Gasteiger partial charge in [-0.25, -0.2) is 0 Å². The molecule has 1 N–H and O–H groups in total. The number of hydrogen-bond acceptors (Lipinski definition) is 2. The zero-order chi connectivity index (χ0) is 12.0. The third-order valence-electron chi connectivity index (χ3n) is 3.16. The van der Waals surface area contributed by atoms with E-state index >= 15 is 0 Å². The fraction of sp³-hybridized carbons (Fsp3) is 0.571. The number of nitrogens with one attached hydrogen (secondary N) is 1. The third kappa shape index (κ3) is 3.95. The van der Waals surface area contributed by atoms with E-state index in [1.807, 2.05) is 0 Å². The molecule has 1 unspecified atom stereocenters. The number of likely N-dealkylation sites (N-methyl/N-ethyl adjacent to an activating group) is 1. The molecule has 2 heteroatoms. The van der Waals surface area contributed by atoms with Crippen LogP contribution in [0.4, 0.5) is 0 Å². The van der Waals surface area contributed by atoms with Crippen LogP contribution in [0.3, 0.4) is 0 Å². The van der Waals surface area contributed by atoms with Crippen LogP contribution in [0.2, 0.25) is 0 Å². The molecule has 0 saturated carbocycles. The maximum Gasteiger partial charge on any atom is 0.0212 e. The molecule has 0 spiro atoms. The van der Waals surface area contributed by atoms with Gasteiger partial charge in [-0.15, -0.1) is 0 Å². The molecule has 0 aliphatic rings. The monoisotopic (exact) mass is 220 g/mol. The van der Waals surface area contributed by atoms with E-state index in [9.17, 15) is 0 Å². The van der Waals surface area contributed by atoms with Crippen molar-refractivity contribution in [3.05, 3.63) is 35.4 Å². The Morgan fingerprint density at radius 3 is 2.50 bits per heavy atom. The molecule has 0 bridgehead atoms. The lowest BCUT2D eigenvalue weighted by atomic mass is 10.1. The molecule has 0 amide bonds. The van der Waals surface area contributed by atoms with Gasteiger partial charge in [0.15, 0.2) is 0 Å². The molecule has 0 aliphatic carbocycles. The second kappa shape index (κ2) is 6.66. The van der Waals surface area contributed by atoms with Gasteiger partial charge in [-0.2, -0.15) is 0 Å². The van der Waals surface area contributed by atoms with Crippen molar-refractivity contribution >= 4 is 0 Å². The van der Waals surface area contributed by atoms with Gasteiger partial charge in [0.25, 0.3) is 0 Å². The van der Waals surface area contributed by atoms with Gasteiger partial charge in [0, 0.05) is 19.1 Å². The Labute approximate surface area is 99.7 Å². The molecule has 1 aromatic rings. The number of benzene rings is 1. The van der Waals surface area contributed by atoms with Gasteiger partial charge in [0.2, 0.25) is 0 Å². The Kier molecular flexibility index (Phi) is 5.50. The van der Waals surface area contributed by atoms with Crippen LogP contribution in [0, 0.1) is 6.92 Å². The first kappa shape index (κ1) is 13.2. The van der Waals surface area contributed by atoms with E-state index in [4.69, 9.17) is 0 Å². The minimum Gasteiger partial charge on any atom is -0.311 e. The summed E-state index contributed by atoms with van der Waals surface area (Å²) in [6.07, 6.45) is 1.19. The van der Waals surface area contributed by atoms with Crippen LogP contribution in [-0.4, -0.2) is 31.6 Å². The van der Waals surface area contributed by atoms with Crippen LogP contribution in [0.15, 0.2) is 24.3 Å². The van der Waals surface area contributed by atoms with Gasteiger partial charge in [-0.05, 0) is 38.6 Å². The third-order valence-corrected chi connectivity index (χ3v) is 3.16. The number of aryl methyl sites for hydroxylation is 1. The average Bonchev–Trinajstić information content (AvgIpc) is 2.26. The summed E-state index contributed by atoms with van der Waals surface area (Å²) in [6, 6.07) is 9.18. The second-order valence-electron chi connectivity index (χ2n) is 4.58. The van der Waals surface area contributed by atoms with Crippen LogP contribution in [0.1, 0.15) is 24.5 Å². The predicted octanol–water partition coefficient (Wildman–Crippen LogP) is 2.42. The van der Waals surface area contributed by atoms with Crippen LogP contribution in [0.5, 0.6) is 0 Å². The lowest BCUT2D eigenvalue weighted by Gasteiger charge is -2.23. The average molecular weight is 220 g/mol. The van der Waals surface area contributed by atoms with Crippen molar-refractivity contribution < 1.29 is 0 Å². The molecule has 0 aromatic heterocycles. The van der Waals surface area contributed by atoms with Crippen LogP contribution in [0.25, 0.3) is 0 Å². The fourth-order valence-electron chi connectivity index (χ4n) is 1.87. The molecule has 1 aromatic carbocycles. The molecule has 0 saturated heterocycles. The Bertz CT molecular complexity index is 307. The minimum atomic E-state index is 0.629. The lowest BCUT2D eigenvalue weighted by Crippen LogP contribution is -2.37. The van der Waals surface area contributed by atoms with Crippen molar-refractivity contribution in [2.24, 2.45) is 0 Å². The van der Waals surface area contributed by atoms with E-state index in [2.05, 4.69) is 62.4 Å². The largest absolute Gasteiger partial charge is 0.311 e. The van der Waals surface area contributed by atoms with Gasteiger partial charge in [-0.1, -0.05) is 31.2 Å². The Morgan fingerprint density at radius 1 is 1.25 bits per heavy atom. The predicted molar refractivity (Wildman–Crippen MR) is 70.7 cm³/mol. The van der Waals surface area contributed by atoms with E-state index in [1.54, 1.807) is 0 Å². The first-order chi connectivity index (χ1) is 7.65. The van der Waals surface area contributed by atoms with Crippen molar-refractivity contribution in [3.63, 3.8) is 0 Å². The van der Waals surface area contributed by atoms with E-state index in [0.717, 1.165) is 13.1 Å². The highest BCUT2D eigenvalue weighted by Gasteiger charge is 2.07. The smallest absolute Gasteiger partial charge is 0.0212 e. The molecule has 90 valence electrons. The maximum absolute atomic E-state index is 3.53. The molecule has 2 nitrogen and oxygen atoms in total. The summed E-state index contributed by atoms with van der Waals surface area (Å²) >= 11 is 0. The molecular formula is C14H24N2. The van der Waals surface area contributed by atoms with Crippen molar-refractivity contribution in [2.45, 2.75) is 32.9 Å². The summed E-state index contributed by atoms with van der Waals surface area (Å²) in [7, 11) is 4.28. The molecule has 0 heterocycles. The lowest BCUT2D eigenvalue weighted by molar-refractivity contribution is 0.276. The van der Waals surface area contributed by atoms with Gasteiger partial charge in [0.1, 0.15) is 0 Å². The zero-order valence-electron chi connectivity index (χ0n) is 11.0. The van der Waals surface area contributed by atoms with Gasteiger partial charge < -0.3 is 10.2 Å².